The van der Waals surface area contributed by atoms with Gasteiger partial charge in [-0.25, -0.2) is 4.98 Å². The van der Waals surface area contributed by atoms with Crippen LogP contribution in [0.1, 0.15) is 12.5 Å². The van der Waals surface area contributed by atoms with Gasteiger partial charge < -0.3 is 5.32 Å². The predicted octanol–water partition coefficient (Wildman–Crippen LogP) is 2.60. The van der Waals surface area contributed by atoms with Crippen molar-refractivity contribution in [3.63, 3.8) is 0 Å². The monoisotopic (exact) mass is 307 g/mol. The van der Waals surface area contributed by atoms with E-state index < -0.39 is 0 Å². The van der Waals surface area contributed by atoms with Gasteiger partial charge in [-0.1, -0.05) is 31.2 Å². The Morgan fingerprint density at radius 1 is 1.13 bits per heavy atom. The van der Waals surface area contributed by atoms with Gasteiger partial charge in [0, 0.05) is 5.69 Å². The molecule has 0 bridgehead atoms. The number of fused-ring (bicyclic) bond motifs is 1. The number of anilines is 1. The minimum atomic E-state index is -0.256. The summed E-state index contributed by atoms with van der Waals surface area (Å²) in [4.78, 5) is 28.7. The van der Waals surface area contributed by atoms with Gasteiger partial charge in [-0.15, -0.1) is 0 Å². The summed E-state index contributed by atoms with van der Waals surface area (Å²) in [5.74, 6) is -0.256. The van der Waals surface area contributed by atoms with Crippen molar-refractivity contribution < 1.29 is 4.79 Å². The second-order valence-electron chi connectivity index (χ2n) is 5.29. The number of nitrogens with one attached hydrogen (secondary N) is 1. The summed E-state index contributed by atoms with van der Waals surface area (Å²) >= 11 is 0. The van der Waals surface area contributed by atoms with E-state index in [0.717, 1.165) is 6.42 Å². The van der Waals surface area contributed by atoms with E-state index in [1.807, 2.05) is 30.3 Å². The number of carbonyl (C=O) groups excluding carboxylic acids is 1. The highest BCUT2D eigenvalue weighted by Crippen LogP contribution is 2.10. The molecule has 0 saturated carbocycles. The molecule has 0 fully saturated rings. The van der Waals surface area contributed by atoms with Gasteiger partial charge in [-0.05, 0) is 36.2 Å². The summed E-state index contributed by atoms with van der Waals surface area (Å²) < 4.78 is 1.32. The average Bonchev–Trinajstić information content (AvgIpc) is 2.58. The quantitative estimate of drug-likeness (QED) is 0.806. The molecule has 0 radical (unpaired) electrons. The Bertz CT molecular complexity index is 898. The molecule has 0 aliphatic rings. The van der Waals surface area contributed by atoms with Crippen molar-refractivity contribution >= 4 is 22.5 Å². The maximum Gasteiger partial charge on any atom is 0.261 e. The van der Waals surface area contributed by atoms with E-state index in [0.29, 0.717) is 16.6 Å². The number of rotatable bonds is 4. The molecule has 5 heteroatoms. The fourth-order valence-electron chi connectivity index (χ4n) is 2.40. The number of hydrogen-bond donors (Lipinski definition) is 1. The molecule has 0 unspecified atom stereocenters. The Labute approximate surface area is 133 Å². The Balaban J connectivity index is 1.77. The van der Waals surface area contributed by atoms with E-state index >= 15 is 0 Å². The molecule has 1 N–H and O–H groups in total. The van der Waals surface area contributed by atoms with Crippen molar-refractivity contribution in [3.05, 3.63) is 70.8 Å². The minimum absolute atomic E-state index is 0.0633. The zero-order valence-electron chi connectivity index (χ0n) is 12.8. The number of hydrogen-bond acceptors (Lipinski definition) is 3. The number of para-hydroxylation sites is 1. The van der Waals surface area contributed by atoms with Gasteiger partial charge in [0.05, 0.1) is 17.2 Å². The number of benzene rings is 2. The Hall–Kier alpha value is -2.95. The molecule has 5 nitrogen and oxygen atoms in total. The van der Waals surface area contributed by atoms with Crippen molar-refractivity contribution in [2.24, 2.45) is 0 Å². The Morgan fingerprint density at radius 3 is 2.61 bits per heavy atom. The first-order chi connectivity index (χ1) is 11.2. The van der Waals surface area contributed by atoms with Crippen molar-refractivity contribution in [2.45, 2.75) is 19.9 Å². The summed E-state index contributed by atoms with van der Waals surface area (Å²) in [6.07, 6.45) is 2.36. The van der Waals surface area contributed by atoms with Gasteiger partial charge in [0.25, 0.3) is 5.56 Å². The average molecular weight is 307 g/mol. The maximum atomic E-state index is 12.3. The smallest absolute Gasteiger partial charge is 0.261 e. The zero-order chi connectivity index (χ0) is 16.2. The molecule has 116 valence electrons. The van der Waals surface area contributed by atoms with Crippen LogP contribution in [0.25, 0.3) is 10.9 Å². The summed E-state index contributed by atoms with van der Waals surface area (Å²) in [6, 6.07) is 14.8. The lowest BCUT2D eigenvalue weighted by Crippen LogP contribution is -2.27. The largest absolute Gasteiger partial charge is 0.325 e. The van der Waals surface area contributed by atoms with Crippen LogP contribution >= 0.6 is 0 Å². The first-order valence-electron chi connectivity index (χ1n) is 7.50. The highest BCUT2D eigenvalue weighted by atomic mass is 16.2. The van der Waals surface area contributed by atoms with Crippen LogP contribution in [-0.2, 0) is 17.8 Å². The van der Waals surface area contributed by atoms with Crippen LogP contribution in [0.5, 0.6) is 0 Å². The van der Waals surface area contributed by atoms with Crippen LogP contribution in [0.2, 0.25) is 0 Å². The van der Waals surface area contributed by atoms with Crippen LogP contribution in [-0.4, -0.2) is 15.5 Å². The Kier molecular flexibility index (Phi) is 4.19. The van der Waals surface area contributed by atoms with E-state index in [-0.39, 0.29) is 18.0 Å². The molecule has 0 atom stereocenters. The molecule has 1 aromatic heterocycles. The van der Waals surface area contributed by atoms with Gasteiger partial charge >= 0.3 is 0 Å². The van der Waals surface area contributed by atoms with E-state index in [9.17, 15) is 9.59 Å². The zero-order valence-corrected chi connectivity index (χ0v) is 12.8. The fraction of sp³-hybridized carbons (Fsp3) is 0.167. The molecule has 0 saturated heterocycles. The van der Waals surface area contributed by atoms with Crippen LogP contribution in [0.4, 0.5) is 5.69 Å². The van der Waals surface area contributed by atoms with Crippen LogP contribution in [0.3, 0.4) is 0 Å². The van der Waals surface area contributed by atoms with Gasteiger partial charge in [0.1, 0.15) is 6.54 Å². The highest BCUT2D eigenvalue weighted by Gasteiger charge is 2.08. The van der Waals surface area contributed by atoms with E-state index in [1.54, 1.807) is 18.2 Å². The minimum Gasteiger partial charge on any atom is -0.325 e. The van der Waals surface area contributed by atoms with E-state index in [4.69, 9.17) is 0 Å². The molecule has 0 aliphatic carbocycles. The summed E-state index contributed by atoms with van der Waals surface area (Å²) in [5, 5.41) is 3.30. The molecule has 0 spiro atoms. The number of aromatic nitrogens is 2. The number of carbonyl (C=O) groups is 1. The second kappa shape index (κ2) is 6.44. The first-order valence-corrected chi connectivity index (χ1v) is 7.50. The highest BCUT2D eigenvalue weighted by molar-refractivity contribution is 5.90. The molecule has 1 heterocycles. The van der Waals surface area contributed by atoms with Gasteiger partial charge in [0.15, 0.2) is 0 Å². The molecular weight excluding hydrogens is 290 g/mol. The van der Waals surface area contributed by atoms with Crippen molar-refractivity contribution in [3.8, 4) is 0 Å². The second-order valence-corrected chi connectivity index (χ2v) is 5.29. The van der Waals surface area contributed by atoms with Crippen molar-refractivity contribution in [1.29, 1.82) is 0 Å². The lowest BCUT2D eigenvalue weighted by atomic mass is 10.1. The third-order valence-electron chi connectivity index (χ3n) is 3.69. The van der Waals surface area contributed by atoms with Gasteiger partial charge in [0.2, 0.25) is 5.91 Å². The van der Waals surface area contributed by atoms with Crippen LogP contribution in [0.15, 0.2) is 59.7 Å². The fourth-order valence-corrected chi connectivity index (χ4v) is 2.40. The molecule has 2 aromatic carbocycles. The SMILES string of the molecule is CCc1ccc(NC(=O)Cn2cnc3ccccc3c2=O)cc1. The number of aryl methyl sites for hydroxylation is 1. The normalized spacial score (nSPS) is 10.7. The summed E-state index contributed by atoms with van der Waals surface area (Å²) in [5.41, 5.74) is 2.34. The maximum absolute atomic E-state index is 12.3. The third kappa shape index (κ3) is 3.29. The van der Waals surface area contributed by atoms with Crippen molar-refractivity contribution in [1.82, 2.24) is 9.55 Å². The summed E-state index contributed by atoms with van der Waals surface area (Å²) in [7, 11) is 0. The predicted molar refractivity (Wildman–Crippen MR) is 90.5 cm³/mol. The molecule has 23 heavy (non-hydrogen) atoms. The topological polar surface area (TPSA) is 64.0 Å². The van der Waals surface area contributed by atoms with Crippen LogP contribution in [0, 0.1) is 0 Å². The van der Waals surface area contributed by atoms with Crippen LogP contribution < -0.4 is 10.9 Å². The third-order valence-corrected chi connectivity index (χ3v) is 3.69. The van der Waals surface area contributed by atoms with Gasteiger partial charge in [-0.2, -0.15) is 0 Å². The first kappa shape index (κ1) is 15.0. The number of amides is 1. The molecule has 3 rings (SSSR count). The molecule has 1 amide bonds. The molecule has 3 aromatic rings. The van der Waals surface area contributed by atoms with E-state index in [2.05, 4.69) is 17.2 Å². The van der Waals surface area contributed by atoms with Crippen molar-refractivity contribution in [2.75, 3.05) is 5.32 Å². The van der Waals surface area contributed by atoms with Gasteiger partial charge in [-0.3, -0.25) is 14.2 Å². The Morgan fingerprint density at radius 2 is 1.87 bits per heavy atom. The molecule has 0 aliphatic heterocycles. The van der Waals surface area contributed by atoms with E-state index in [1.165, 1.54) is 16.5 Å². The number of nitrogens with zero attached hydrogens (tertiary/aromatic N) is 2. The summed E-state index contributed by atoms with van der Waals surface area (Å²) in [6.45, 7) is 2.01. The lowest BCUT2D eigenvalue weighted by molar-refractivity contribution is -0.116. The molecular formula is C18H17N3O2. The lowest BCUT2D eigenvalue weighted by Gasteiger charge is -2.08. The standard InChI is InChI=1S/C18H17N3O2/c1-2-13-7-9-14(10-8-13)20-17(22)11-21-12-19-16-6-4-3-5-15(16)18(21)23/h3-10,12H,2,11H2,1H3,(H,20,22).